The molecular formula is C16H29N3. The lowest BCUT2D eigenvalue weighted by Gasteiger charge is -2.18. The van der Waals surface area contributed by atoms with Gasteiger partial charge in [0, 0.05) is 25.0 Å². The Labute approximate surface area is 118 Å². The fraction of sp³-hybridized carbons (Fsp3) is 0.688. The molecule has 1 N–H and O–H groups in total. The van der Waals surface area contributed by atoms with Crippen LogP contribution in [-0.2, 0) is 6.42 Å². The molecule has 0 aliphatic carbocycles. The second kappa shape index (κ2) is 9.93. The van der Waals surface area contributed by atoms with Gasteiger partial charge in [0.1, 0.15) is 0 Å². The molecule has 0 amide bonds. The highest BCUT2D eigenvalue weighted by Gasteiger charge is 2.03. The number of nitrogens with one attached hydrogen (secondary N) is 1. The van der Waals surface area contributed by atoms with Crippen LogP contribution in [0.3, 0.4) is 0 Å². The number of pyridine rings is 1. The van der Waals surface area contributed by atoms with Gasteiger partial charge in [0.15, 0.2) is 0 Å². The molecule has 0 saturated heterocycles. The third-order valence-corrected chi connectivity index (χ3v) is 3.45. The third kappa shape index (κ3) is 7.96. The zero-order valence-corrected chi connectivity index (χ0v) is 12.7. The molecule has 0 saturated carbocycles. The van der Waals surface area contributed by atoms with Gasteiger partial charge in [0.2, 0.25) is 0 Å². The van der Waals surface area contributed by atoms with Crippen LogP contribution in [0.4, 0.5) is 0 Å². The molecule has 0 radical (unpaired) electrons. The lowest BCUT2D eigenvalue weighted by Crippen LogP contribution is -2.28. The first-order chi connectivity index (χ1) is 9.22. The lowest BCUT2D eigenvalue weighted by atomic mass is 10.1. The first-order valence-corrected chi connectivity index (χ1v) is 7.53. The quantitative estimate of drug-likeness (QED) is 0.703. The van der Waals surface area contributed by atoms with E-state index < -0.39 is 0 Å². The molecular weight excluding hydrogens is 234 g/mol. The van der Waals surface area contributed by atoms with Crippen molar-refractivity contribution in [2.24, 2.45) is 0 Å². The summed E-state index contributed by atoms with van der Waals surface area (Å²) in [5.74, 6) is 0. The Balaban J connectivity index is 2.06. The van der Waals surface area contributed by atoms with Crippen LogP contribution in [0.2, 0.25) is 0 Å². The molecule has 3 heteroatoms. The van der Waals surface area contributed by atoms with Crippen molar-refractivity contribution in [3.63, 3.8) is 0 Å². The van der Waals surface area contributed by atoms with Crippen molar-refractivity contribution in [2.75, 3.05) is 26.7 Å². The highest BCUT2D eigenvalue weighted by molar-refractivity contribution is 5.09. The monoisotopic (exact) mass is 263 g/mol. The van der Waals surface area contributed by atoms with Gasteiger partial charge in [-0.3, -0.25) is 4.98 Å². The normalized spacial score (nSPS) is 12.8. The summed E-state index contributed by atoms with van der Waals surface area (Å²) < 4.78 is 0. The van der Waals surface area contributed by atoms with E-state index in [1.54, 1.807) is 0 Å². The van der Waals surface area contributed by atoms with E-state index in [1.165, 1.54) is 31.4 Å². The van der Waals surface area contributed by atoms with Crippen LogP contribution < -0.4 is 5.32 Å². The molecule has 0 aliphatic rings. The van der Waals surface area contributed by atoms with Crippen LogP contribution in [0.25, 0.3) is 0 Å². The first kappa shape index (κ1) is 16.1. The van der Waals surface area contributed by atoms with Crippen molar-refractivity contribution >= 4 is 0 Å². The van der Waals surface area contributed by atoms with Gasteiger partial charge < -0.3 is 10.2 Å². The standard InChI is InChI=1S/C16H29N3/c1-4-10-18-15(2)6-5-13-19(3)14-9-16-7-11-17-12-8-16/h7-8,11-12,15,18H,4-6,9-10,13-14H2,1-3H3. The van der Waals surface area contributed by atoms with Crippen molar-refractivity contribution < 1.29 is 0 Å². The Morgan fingerprint density at radius 2 is 2.00 bits per heavy atom. The van der Waals surface area contributed by atoms with Gasteiger partial charge in [-0.1, -0.05) is 6.92 Å². The summed E-state index contributed by atoms with van der Waals surface area (Å²) in [4.78, 5) is 6.47. The average molecular weight is 263 g/mol. The average Bonchev–Trinajstić information content (AvgIpc) is 2.44. The molecule has 1 aromatic heterocycles. The van der Waals surface area contributed by atoms with Gasteiger partial charge in [-0.15, -0.1) is 0 Å². The van der Waals surface area contributed by atoms with Gasteiger partial charge in [0.25, 0.3) is 0 Å². The predicted octanol–water partition coefficient (Wildman–Crippen LogP) is 2.72. The maximum atomic E-state index is 4.05. The molecule has 108 valence electrons. The van der Waals surface area contributed by atoms with Crippen LogP contribution in [0, 0.1) is 0 Å². The highest BCUT2D eigenvalue weighted by atomic mass is 15.1. The molecule has 1 unspecified atom stereocenters. The van der Waals surface area contributed by atoms with E-state index in [4.69, 9.17) is 0 Å². The van der Waals surface area contributed by atoms with Crippen LogP contribution in [-0.4, -0.2) is 42.6 Å². The molecule has 0 spiro atoms. The molecule has 0 aliphatic heterocycles. The zero-order valence-electron chi connectivity index (χ0n) is 12.7. The lowest BCUT2D eigenvalue weighted by molar-refractivity contribution is 0.321. The van der Waals surface area contributed by atoms with Crippen molar-refractivity contribution in [3.8, 4) is 0 Å². The van der Waals surface area contributed by atoms with E-state index in [0.29, 0.717) is 6.04 Å². The minimum absolute atomic E-state index is 0.647. The number of hydrogen-bond acceptors (Lipinski definition) is 3. The minimum Gasteiger partial charge on any atom is -0.314 e. The maximum absolute atomic E-state index is 4.05. The molecule has 0 fully saturated rings. The Hall–Kier alpha value is -0.930. The number of likely N-dealkylation sites (N-methyl/N-ethyl adjacent to an activating group) is 1. The minimum atomic E-state index is 0.647. The van der Waals surface area contributed by atoms with Crippen molar-refractivity contribution in [2.45, 2.75) is 45.6 Å². The van der Waals surface area contributed by atoms with E-state index >= 15 is 0 Å². The molecule has 0 aromatic carbocycles. The molecule has 1 atom stereocenters. The van der Waals surface area contributed by atoms with Gasteiger partial charge in [0.05, 0.1) is 0 Å². The van der Waals surface area contributed by atoms with Crippen molar-refractivity contribution in [1.82, 2.24) is 15.2 Å². The molecule has 19 heavy (non-hydrogen) atoms. The van der Waals surface area contributed by atoms with Gasteiger partial charge in [-0.05, 0) is 70.4 Å². The number of hydrogen-bond donors (Lipinski definition) is 1. The molecule has 1 heterocycles. The molecule has 3 nitrogen and oxygen atoms in total. The van der Waals surface area contributed by atoms with Gasteiger partial charge >= 0.3 is 0 Å². The molecule has 1 rings (SSSR count). The van der Waals surface area contributed by atoms with Crippen molar-refractivity contribution in [3.05, 3.63) is 30.1 Å². The summed E-state index contributed by atoms with van der Waals surface area (Å²) in [6, 6.07) is 4.85. The summed E-state index contributed by atoms with van der Waals surface area (Å²) in [6.07, 6.45) is 8.61. The summed E-state index contributed by atoms with van der Waals surface area (Å²) in [7, 11) is 2.21. The first-order valence-electron chi connectivity index (χ1n) is 7.53. The van der Waals surface area contributed by atoms with Crippen molar-refractivity contribution in [1.29, 1.82) is 0 Å². The van der Waals surface area contributed by atoms with E-state index in [-0.39, 0.29) is 0 Å². The molecule has 1 aromatic rings. The smallest absolute Gasteiger partial charge is 0.0270 e. The Bertz CT molecular complexity index is 313. The number of rotatable bonds is 10. The zero-order chi connectivity index (χ0) is 13.9. The summed E-state index contributed by atoms with van der Waals surface area (Å²) in [5, 5.41) is 3.54. The number of nitrogens with zero attached hydrogens (tertiary/aromatic N) is 2. The van der Waals surface area contributed by atoms with Crippen LogP contribution >= 0.6 is 0 Å². The van der Waals surface area contributed by atoms with Crippen LogP contribution in [0.15, 0.2) is 24.5 Å². The Kier molecular flexibility index (Phi) is 8.43. The van der Waals surface area contributed by atoms with E-state index in [0.717, 1.165) is 19.5 Å². The van der Waals surface area contributed by atoms with E-state index in [1.807, 2.05) is 12.4 Å². The fourth-order valence-corrected chi connectivity index (χ4v) is 2.14. The second-order valence-electron chi connectivity index (χ2n) is 5.41. The maximum Gasteiger partial charge on any atom is 0.0270 e. The number of aromatic nitrogens is 1. The largest absolute Gasteiger partial charge is 0.314 e. The predicted molar refractivity (Wildman–Crippen MR) is 82.4 cm³/mol. The van der Waals surface area contributed by atoms with Crippen LogP contribution in [0.1, 0.15) is 38.7 Å². The van der Waals surface area contributed by atoms with Gasteiger partial charge in [-0.2, -0.15) is 0 Å². The SMILES string of the molecule is CCCNC(C)CCCN(C)CCc1ccncc1. The van der Waals surface area contributed by atoms with Crippen LogP contribution in [0.5, 0.6) is 0 Å². The molecule has 0 bridgehead atoms. The third-order valence-electron chi connectivity index (χ3n) is 3.45. The summed E-state index contributed by atoms with van der Waals surface area (Å²) in [6.45, 7) is 7.95. The van der Waals surface area contributed by atoms with E-state index in [9.17, 15) is 0 Å². The Morgan fingerprint density at radius 3 is 2.68 bits per heavy atom. The van der Waals surface area contributed by atoms with E-state index in [2.05, 4.69) is 48.2 Å². The fourth-order valence-electron chi connectivity index (χ4n) is 2.14. The van der Waals surface area contributed by atoms with Gasteiger partial charge in [-0.25, -0.2) is 0 Å². The highest BCUT2D eigenvalue weighted by Crippen LogP contribution is 2.02. The Morgan fingerprint density at radius 1 is 1.26 bits per heavy atom. The second-order valence-corrected chi connectivity index (χ2v) is 5.41. The summed E-state index contributed by atoms with van der Waals surface area (Å²) in [5.41, 5.74) is 1.37. The topological polar surface area (TPSA) is 28.2 Å². The summed E-state index contributed by atoms with van der Waals surface area (Å²) >= 11 is 0.